The summed E-state index contributed by atoms with van der Waals surface area (Å²) in [6, 6.07) is 17.1. The molecule has 1 atom stereocenters. The highest BCUT2D eigenvalue weighted by Gasteiger charge is 2.16. The minimum atomic E-state index is -0.264. The van der Waals surface area contributed by atoms with Crippen LogP contribution in [0.5, 0.6) is 5.75 Å². The van der Waals surface area contributed by atoms with Crippen LogP contribution in [0.3, 0.4) is 0 Å². The van der Waals surface area contributed by atoms with E-state index in [0.29, 0.717) is 25.8 Å². The fraction of sp³-hybridized carbons (Fsp3) is 0.464. The third-order valence-corrected chi connectivity index (χ3v) is 5.28. The Morgan fingerprint density at radius 2 is 1.79 bits per heavy atom. The number of likely N-dealkylation sites (N-methyl/N-ethyl adjacent to an activating group) is 1. The molecule has 0 saturated carbocycles. The lowest BCUT2D eigenvalue weighted by Gasteiger charge is -2.26. The van der Waals surface area contributed by atoms with Crippen LogP contribution in [0.15, 0.2) is 48.5 Å². The van der Waals surface area contributed by atoms with E-state index in [0.717, 1.165) is 28.8 Å². The summed E-state index contributed by atoms with van der Waals surface area (Å²) in [5.74, 6) is 6.66. The highest BCUT2D eigenvalue weighted by Crippen LogP contribution is 2.25. The topological polar surface area (TPSA) is 38.8 Å². The van der Waals surface area contributed by atoms with Gasteiger partial charge in [0.05, 0.1) is 34.3 Å². The number of esters is 1. The first-order valence-electron chi connectivity index (χ1n) is 11.6. The van der Waals surface area contributed by atoms with Gasteiger partial charge in [-0.25, -0.2) is 0 Å². The summed E-state index contributed by atoms with van der Waals surface area (Å²) in [4.78, 5) is 13.6. The molecule has 5 heteroatoms. The Morgan fingerprint density at radius 1 is 1.06 bits per heavy atom. The summed E-state index contributed by atoms with van der Waals surface area (Å²) < 4.78 is 11.9. The Balaban J connectivity index is 2.02. The van der Waals surface area contributed by atoms with Crippen molar-refractivity contribution in [2.45, 2.75) is 45.9 Å². The van der Waals surface area contributed by atoms with Gasteiger partial charge in [-0.15, -0.1) is 0 Å². The van der Waals surface area contributed by atoms with Gasteiger partial charge in [0.25, 0.3) is 0 Å². The molecule has 0 amide bonds. The van der Waals surface area contributed by atoms with Crippen LogP contribution in [-0.4, -0.2) is 62.7 Å². The Kier molecular flexibility index (Phi) is 10.4. The standard InChI is InChI=1S/C28H39N2O3/c1-7-32-28(31)15-11-12-18-29(3)23(2)19-25-16-17-27(26(20-25)21-30(4,5)6)33-22-24-13-9-8-10-14-24/h8-10,13-14,16-17,20,23H,7,15,18-19,21-22H2,1-6H3/q+1/t23-/m1/s1. The van der Waals surface area contributed by atoms with Crippen molar-refractivity contribution >= 4 is 5.97 Å². The molecule has 178 valence electrons. The van der Waals surface area contributed by atoms with Crippen LogP contribution in [0.4, 0.5) is 0 Å². The lowest BCUT2D eigenvalue weighted by atomic mass is 10.0. The Hall–Kier alpha value is -2.81. The summed E-state index contributed by atoms with van der Waals surface area (Å²) >= 11 is 0. The van der Waals surface area contributed by atoms with Crippen LogP contribution in [0.2, 0.25) is 0 Å². The van der Waals surface area contributed by atoms with Crippen LogP contribution in [-0.2, 0) is 29.1 Å². The molecule has 0 heterocycles. The fourth-order valence-corrected chi connectivity index (χ4v) is 3.45. The third kappa shape index (κ3) is 10.1. The molecule has 0 saturated heterocycles. The molecule has 0 fully saturated rings. The minimum absolute atomic E-state index is 0.148. The van der Waals surface area contributed by atoms with Gasteiger partial charge in [-0.1, -0.05) is 48.2 Å². The predicted molar refractivity (Wildman–Crippen MR) is 134 cm³/mol. The second-order valence-corrected chi connectivity index (χ2v) is 9.47. The van der Waals surface area contributed by atoms with Crippen LogP contribution in [0.25, 0.3) is 0 Å². The number of hydrogen-bond acceptors (Lipinski definition) is 4. The van der Waals surface area contributed by atoms with Crippen molar-refractivity contribution in [1.29, 1.82) is 0 Å². The lowest BCUT2D eigenvalue weighted by Crippen LogP contribution is -2.33. The number of carbonyl (C=O) groups excluding carboxylic acids is 1. The molecular weight excluding hydrogens is 412 g/mol. The van der Waals surface area contributed by atoms with Crippen molar-refractivity contribution in [3.05, 3.63) is 65.2 Å². The smallest absolute Gasteiger partial charge is 0.317 e. The van der Waals surface area contributed by atoms with Crippen LogP contribution < -0.4 is 4.74 Å². The number of carbonyl (C=O) groups is 1. The van der Waals surface area contributed by atoms with E-state index in [1.54, 1.807) is 6.92 Å². The average molecular weight is 452 g/mol. The van der Waals surface area contributed by atoms with E-state index in [1.807, 2.05) is 18.2 Å². The molecule has 0 bridgehead atoms. The van der Waals surface area contributed by atoms with E-state index >= 15 is 0 Å². The van der Waals surface area contributed by atoms with E-state index in [9.17, 15) is 4.79 Å². The largest absolute Gasteiger partial charge is 0.488 e. The molecule has 2 aromatic carbocycles. The first-order valence-corrected chi connectivity index (χ1v) is 11.6. The van der Waals surface area contributed by atoms with Crippen molar-refractivity contribution in [1.82, 2.24) is 4.90 Å². The number of ether oxygens (including phenoxy) is 2. The molecule has 0 N–H and O–H groups in total. The molecule has 5 nitrogen and oxygen atoms in total. The van der Waals surface area contributed by atoms with Crippen LogP contribution in [0, 0.1) is 11.8 Å². The number of rotatable bonds is 11. The summed E-state index contributed by atoms with van der Waals surface area (Å²) in [7, 11) is 8.64. The SMILES string of the molecule is CCOC(=O)CC#CCN(C)[C@H](C)Cc1ccc(OCc2ccccc2)c(C[N+](C)(C)C)c1. The van der Waals surface area contributed by atoms with Gasteiger partial charge in [-0.2, -0.15) is 0 Å². The van der Waals surface area contributed by atoms with Crippen LogP contribution in [0.1, 0.15) is 37.0 Å². The second-order valence-electron chi connectivity index (χ2n) is 9.47. The molecule has 0 aromatic heterocycles. The van der Waals surface area contributed by atoms with E-state index in [2.05, 4.69) is 82.2 Å². The van der Waals surface area contributed by atoms with Crippen molar-refractivity contribution in [3.63, 3.8) is 0 Å². The van der Waals surface area contributed by atoms with Gasteiger partial charge in [0.2, 0.25) is 0 Å². The van der Waals surface area contributed by atoms with Gasteiger partial charge in [0, 0.05) is 11.6 Å². The average Bonchev–Trinajstić information content (AvgIpc) is 2.76. The number of hydrogen-bond donors (Lipinski definition) is 0. The van der Waals surface area contributed by atoms with E-state index in [4.69, 9.17) is 9.47 Å². The van der Waals surface area contributed by atoms with Crippen molar-refractivity contribution in [3.8, 4) is 17.6 Å². The first-order chi connectivity index (χ1) is 15.7. The monoisotopic (exact) mass is 451 g/mol. The molecular formula is C28H39N2O3+. The molecule has 0 radical (unpaired) electrons. The number of nitrogens with zero attached hydrogens (tertiary/aromatic N) is 2. The van der Waals surface area contributed by atoms with Crippen molar-refractivity contribution in [2.24, 2.45) is 0 Å². The zero-order valence-corrected chi connectivity index (χ0v) is 21.1. The first kappa shape index (κ1) is 26.4. The predicted octanol–water partition coefficient (Wildman–Crippen LogP) is 4.29. The second kappa shape index (κ2) is 13.0. The third-order valence-electron chi connectivity index (χ3n) is 5.28. The molecule has 0 spiro atoms. The molecule has 0 aliphatic heterocycles. The minimum Gasteiger partial charge on any atom is -0.488 e. The van der Waals surface area contributed by atoms with E-state index < -0.39 is 0 Å². The number of quaternary nitrogens is 1. The Morgan fingerprint density at radius 3 is 2.45 bits per heavy atom. The van der Waals surface area contributed by atoms with Gasteiger partial charge in [-0.3, -0.25) is 9.69 Å². The van der Waals surface area contributed by atoms with Crippen molar-refractivity contribution < 1.29 is 18.8 Å². The van der Waals surface area contributed by atoms with E-state index in [-0.39, 0.29) is 12.4 Å². The maximum atomic E-state index is 11.4. The highest BCUT2D eigenvalue weighted by atomic mass is 16.5. The lowest BCUT2D eigenvalue weighted by molar-refractivity contribution is -0.884. The van der Waals surface area contributed by atoms with Gasteiger partial charge >= 0.3 is 5.97 Å². The molecule has 2 rings (SSSR count). The zero-order chi connectivity index (χ0) is 24.3. The quantitative estimate of drug-likeness (QED) is 0.290. The fourth-order valence-electron chi connectivity index (χ4n) is 3.45. The molecule has 0 aliphatic rings. The maximum absolute atomic E-state index is 11.4. The summed E-state index contributed by atoms with van der Waals surface area (Å²) in [6.07, 6.45) is 1.06. The van der Waals surface area contributed by atoms with Gasteiger partial charge in [0.1, 0.15) is 25.3 Å². The number of benzene rings is 2. The van der Waals surface area contributed by atoms with Gasteiger partial charge < -0.3 is 14.0 Å². The van der Waals surface area contributed by atoms with E-state index in [1.165, 1.54) is 11.1 Å². The zero-order valence-electron chi connectivity index (χ0n) is 21.1. The molecule has 33 heavy (non-hydrogen) atoms. The van der Waals surface area contributed by atoms with Crippen LogP contribution >= 0.6 is 0 Å². The molecule has 0 unspecified atom stereocenters. The summed E-state index contributed by atoms with van der Waals surface area (Å²) in [5.41, 5.74) is 3.67. The molecule has 0 aliphatic carbocycles. The maximum Gasteiger partial charge on any atom is 0.317 e. The molecule has 2 aromatic rings. The Bertz CT molecular complexity index is 939. The van der Waals surface area contributed by atoms with Gasteiger partial charge in [-0.05, 0) is 50.6 Å². The summed E-state index contributed by atoms with van der Waals surface area (Å²) in [5, 5.41) is 0. The Labute approximate surface area is 199 Å². The normalized spacial score (nSPS) is 12.1. The van der Waals surface area contributed by atoms with Gasteiger partial charge in [0.15, 0.2) is 0 Å². The van der Waals surface area contributed by atoms with Crippen molar-refractivity contribution in [2.75, 3.05) is 41.3 Å². The highest BCUT2D eigenvalue weighted by molar-refractivity contribution is 5.72. The summed E-state index contributed by atoms with van der Waals surface area (Å²) in [6.45, 7) is 6.46.